The number of nitrogens with zero attached hydrogens (tertiary/aromatic N) is 1. The number of ketones is 1. The van der Waals surface area contributed by atoms with E-state index < -0.39 is 17.7 Å². The number of halogens is 1. The van der Waals surface area contributed by atoms with Gasteiger partial charge < -0.3 is 14.9 Å². The number of aliphatic hydroxyl groups is 1. The highest BCUT2D eigenvalue weighted by Gasteiger charge is 2.46. The third kappa shape index (κ3) is 3.53. The Kier molecular flexibility index (Phi) is 5.46. The summed E-state index contributed by atoms with van der Waals surface area (Å²) < 4.78 is 0. The molecule has 0 unspecified atom stereocenters. The van der Waals surface area contributed by atoms with Crippen LogP contribution in [0.4, 0.5) is 0 Å². The third-order valence-corrected chi connectivity index (χ3v) is 5.50. The van der Waals surface area contributed by atoms with Gasteiger partial charge in [-0.1, -0.05) is 17.7 Å². The number of nitrogens with one attached hydrogen (secondary N) is 1. The Morgan fingerprint density at radius 2 is 1.92 bits per heavy atom. The number of likely N-dealkylation sites (N-methyl/N-ethyl adjacent to an activating group) is 1. The van der Waals surface area contributed by atoms with Gasteiger partial charge in [-0.3, -0.25) is 9.59 Å². The zero-order valence-electron chi connectivity index (χ0n) is 14.5. The lowest BCUT2D eigenvalue weighted by molar-refractivity contribution is -0.857. The minimum Gasteiger partial charge on any atom is -0.507 e. The Balaban J connectivity index is 2.09. The van der Waals surface area contributed by atoms with Crippen molar-refractivity contribution in [2.45, 2.75) is 6.04 Å². The van der Waals surface area contributed by atoms with Crippen molar-refractivity contribution in [3.05, 3.63) is 62.8 Å². The van der Waals surface area contributed by atoms with Crippen LogP contribution in [0.5, 0.6) is 0 Å². The smallest absolute Gasteiger partial charge is 0.295 e. The van der Waals surface area contributed by atoms with E-state index >= 15 is 0 Å². The molecule has 2 heterocycles. The van der Waals surface area contributed by atoms with E-state index in [2.05, 4.69) is 0 Å². The van der Waals surface area contributed by atoms with Crippen LogP contribution in [0, 0.1) is 0 Å². The molecule has 0 aliphatic carbocycles. The molecule has 5 nitrogen and oxygen atoms in total. The fourth-order valence-electron chi connectivity index (χ4n) is 2.96. The number of carbonyl (C=O) groups excluding carboxylic acids is 2. The number of hydrogen-bond donors (Lipinski definition) is 2. The first-order valence-electron chi connectivity index (χ1n) is 8.27. The SMILES string of the molecule is C[NH+](C)CCN1C(=O)C(=O)C(=C(O)c2ccc(Cl)cc2)[C@@H]1c1cccs1. The number of likely N-dealkylation sites (tertiary alicyclic amines) is 1. The van der Waals surface area contributed by atoms with Crippen LogP contribution < -0.4 is 4.90 Å². The summed E-state index contributed by atoms with van der Waals surface area (Å²) in [6.45, 7) is 1.14. The van der Waals surface area contributed by atoms with E-state index in [0.717, 1.165) is 4.88 Å². The molecule has 1 atom stereocenters. The quantitative estimate of drug-likeness (QED) is 0.465. The van der Waals surface area contributed by atoms with Crippen molar-refractivity contribution in [3.8, 4) is 0 Å². The maximum atomic E-state index is 12.7. The summed E-state index contributed by atoms with van der Waals surface area (Å²) in [5.41, 5.74) is 0.598. The van der Waals surface area contributed by atoms with Gasteiger partial charge in [0.15, 0.2) is 0 Å². The number of carbonyl (C=O) groups is 2. The van der Waals surface area contributed by atoms with E-state index in [-0.39, 0.29) is 11.3 Å². The van der Waals surface area contributed by atoms with Gasteiger partial charge in [-0.2, -0.15) is 0 Å². The molecule has 1 aromatic carbocycles. The summed E-state index contributed by atoms with van der Waals surface area (Å²) in [4.78, 5) is 28.9. The van der Waals surface area contributed by atoms with Crippen LogP contribution >= 0.6 is 22.9 Å². The second-order valence-corrected chi connectivity index (χ2v) is 7.89. The molecule has 1 saturated heterocycles. The fraction of sp³-hybridized carbons (Fsp3) is 0.263. The molecule has 2 N–H and O–H groups in total. The van der Waals surface area contributed by atoms with Gasteiger partial charge in [-0.05, 0) is 35.7 Å². The summed E-state index contributed by atoms with van der Waals surface area (Å²) in [5.74, 6) is -1.39. The largest absolute Gasteiger partial charge is 0.507 e. The van der Waals surface area contributed by atoms with Crippen molar-refractivity contribution in [3.63, 3.8) is 0 Å². The molecule has 1 amide bonds. The van der Waals surface area contributed by atoms with Crippen molar-refractivity contribution >= 4 is 40.4 Å². The van der Waals surface area contributed by atoms with E-state index in [1.54, 1.807) is 29.2 Å². The van der Waals surface area contributed by atoms with Gasteiger partial charge in [0.25, 0.3) is 11.7 Å². The summed E-state index contributed by atoms with van der Waals surface area (Å²) in [6.07, 6.45) is 0. The lowest BCUT2D eigenvalue weighted by Gasteiger charge is -2.24. The number of aliphatic hydroxyl groups excluding tert-OH is 1. The predicted octanol–water partition coefficient (Wildman–Crippen LogP) is 1.97. The van der Waals surface area contributed by atoms with Gasteiger partial charge in [-0.15, -0.1) is 11.3 Å². The number of rotatable bonds is 5. The Hall–Kier alpha value is -2.15. The van der Waals surface area contributed by atoms with Gasteiger partial charge in [0.2, 0.25) is 0 Å². The average molecular weight is 392 g/mol. The molecule has 1 fully saturated rings. The molecular weight excluding hydrogens is 372 g/mol. The fourth-order valence-corrected chi connectivity index (χ4v) is 3.93. The van der Waals surface area contributed by atoms with E-state index in [9.17, 15) is 14.7 Å². The molecule has 136 valence electrons. The predicted molar refractivity (Wildman–Crippen MR) is 102 cm³/mol. The number of amides is 1. The third-order valence-electron chi connectivity index (χ3n) is 4.32. The van der Waals surface area contributed by atoms with Gasteiger partial charge in [0, 0.05) is 15.5 Å². The minimum absolute atomic E-state index is 0.133. The molecule has 7 heteroatoms. The van der Waals surface area contributed by atoms with Gasteiger partial charge >= 0.3 is 0 Å². The first kappa shape index (κ1) is 18.6. The molecule has 2 aromatic rings. The molecule has 0 radical (unpaired) electrons. The number of benzene rings is 1. The highest BCUT2D eigenvalue weighted by molar-refractivity contribution is 7.10. The Bertz CT molecular complexity index is 844. The van der Waals surface area contributed by atoms with Crippen LogP contribution in [0.2, 0.25) is 5.02 Å². The van der Waals surface area contributed by atoms with Crippen LogP contribution in [0.25, 0.3) is 5.76 Å². The van der Waals surface area contributed by atoms with E-state index in [4.69, 9.17) is 11.6 Å². The molecule has 0 spiro atoms. The monoisotopic (exact) mass is 391 g/mol. The van der Waals surface area contributed by atoms with Crippen molar-refractivity contribution in [2.24, 2.45) is 0 Å². The minimum atomic E-state index is -0.649. The molecule has 3 rings (SSSR count). The normalized spacial score (nSPS) is 19.5. The number of hydrogen-bond acceptors (Lipinski definition) is 4. The first-order chi connectivity index (χ1) is 12.4. The maximum absolute atomic E-state index is 12.7. The average Bonchev–Trinajstić information content (AvgIpc) is 3.21. The zero-order chi connectivity index (χ0) is 18.8. The second kappa shape index (κ2) is 7.61. The second-order valence-electron chi connectivity index (χ2n) is 6.47. The number of quaternary nitrogens is 1. The highest BCUT2D eigenvalue weighted by atomic mass is 35.5. The molecule has 1 aliphatic rings. The van der Waals surface area contributed by atoms with E-state index in [1.165, 1.54) is 16.2 Å². The van der Waals surface area contributed by atoms with Crippen LogP contribution in [0.1, 0.15) is 16.5 Å². The Morgan fingerprint density at radius 1 is 1.23 bits per heavy atom. The van der Waals surface area contributed by atoms with Gasteiger partial charge in [0.1, 0.15) is 5.76 Å². The van der Waals surface area contributed by atoms with Crippen molar-refractivity contribution in [2.75, 3.05) is 27.2 Å². The Morgan fingerprint density at radius 3 is 2.50 bits per heavy atom. The molecule has 1 aromatic heterocycles. The van der Waals surface area contributed by atoms with Gasteiger partial charge in [-0.25, -0.2) is 0 Å². The summed E-state index contributed by atoms with van der Waals surface area (Å²) in [6, 6.07) is 9.75. The number of Topliss-reactive ketones (excluding diaryl/α,β-unsaturated/α-hetero) is 1. The van der Waals surface area contributed by atoms with Crippen molar-refractivity contribution in [1.29, 1.82) is 0 Å². The van der Waals surface area contributed by atoms with Crippen molar-refractivity contribution in [1.82, 2.24) is 4.90 Å². The van der Waals surface area contributed by atoms with Crippen LogP contribution in [0.15, 0.2) is 47.4 Å². The van der Waals surface area contributed by atoms with Crippen LogP contribution in [0.3, 0.4) is 0 Å². The van der Waals surface area contributed by atoms with E-state index in [1.807, 2.05) is 31.6 Å². The summed E-state index contributed by atoms with van der Waals surface area (Å²) in [5, 5.41) is 13.2. The lowest BCUT2D eigenvalue weighted by atomic mass is 10.00. The number of thiophene rings is 1. The van der Waals surface area contributed by atoms with Crippen molar-refractivity contribution < 1.29 is 19.6 Å². The van der Waals surface area contributed by atoms with E-state index in [0.29, 0.717) is 23.7 Å². The topological polar surface area (TPSA) is 62.0 Å². The van der Waals surface area contributed by atoms with Crippen LogP contribution in [-0.2, 0) is 9.59 Å². The molecular formula is C19H20ClN2O3S+. The maximum Gasteiger partial charge on any atom is 0.295 e. The van der Waals surface area contributed by atoms with Crippen LogP contribution in [-0.4, -0.2) is 48.9 Å². The first-order valence-corrected chi connectivity index (χ1v) is 9.52. The molecule has 26 heavy (non-hydrogen) atoms. The lowest BCUT2D eigenvalue weighted by Crippen LogP contribution is -3.06. The summed E-state index contributed by atoms with van der Waals surface area (Å²) in [7, 11) is 3.98. The zero-order valence-corrected chi connectivity index (χ0v) is 16.1. The highest BCUT2D eigenvalue weighted by Crippen LogP contribution is 2.40. The Labute approximate surface area is 161 Å². The molecule has 1 aliphatic heterocycles. The molecule has 0 bridgehead atoms. The summed E-state index contributed by atoms with van der Waals surface area (Å²) >= 11 is 7.37. The standard InChI is InChI=1S/C19H19ClN2O3S/c1-21(2)9-10-22-16(14-4-3-11-26-14)15(18(24)19(22)25)17(23)12-5-7-13(20)8-6-12/h3-8,11,16,23H,9-10H2,1-2H3/p+1/t16-/m0/s1. The molecule has 0 saturated carbocycles. The van der Waals surface area contributed by atoms with Gasteiger partial charge in [0.05, 0.1) is 38.8 Å².